The Bertz CT molecular complexity index is 128. The fourth-order valence-corrected chi connectivity index (χ4v) is 0.203. The number of rotatable bonds is 1. The average molecular weight is 264 g/mol. The zero-order valence-electron chi connectivity index (χ0n) is 9.38. The van der Waals surface area contributed by atoms with Crippen LogP contribution in [-0.2, 0) is 9.53 Å². The number of hydrogen-bond donors (Lipinski definition) is 1. The van der Waals surface area contributed by atoms with Crippen molar-refractivity contribution < 1.29 is 20.1 Å². The maximum absolute atomic E-state index is 9.82. The number of aliphatic hydroxyl groups is 1. The normalized spacial score (nSPS) is 5.20. The number of esters is 1. The van der Waals surface area contributed by atoms with Gasteiger partial charge in [-0.25, -0.2) is 0 Å². The topological polar surface area (TPSA) is 102 Å². The zero-order valence-corrected chi connectivity index (χ0v) is 10.9. The van der Waals surface area contributed by atoms with Gasteiger partial charge in [0, 0.05) is 21.0 Å². The summed E-state index contributed by atoms with van der Waals surface area (Å²) in [5.41, 5.74) is 0. The first-order valence-electron chi connectivity index (χ1n) is 3.61. The first-order chi connectivity index (χ1) is 6.60. The predicted octanol–water partition coefficient (Wildman–Crippen LogP) is 1.30. The van der Waals surface area contributed by atoms with Gasteiger partial charge in [0.25, 0.3) is 0 Å². The average Bonchev–Trinajstić information content (AvgIpc) is 2.10. The van der Waals surface area contributed by atoms with Gasteiger partial charge in [-0.1, -0.05) is 0 Å². The van der Waals surface area contributed by atoms with E-state index in [0.717, 1.165) is 7.11 Å². The van der Waals surface area contributed by atoms with E-state index in [4.69, 9.17) is 33.6 Å². The molecule has 7 heteroatoms. The number of alkyl halides is 2. The minimum absolute atomic E-state index is 0. The molecule has 0 aromatic heterocycles. The maximum Gasteiger partial charge on any atom is 0.302 e. The van der Waals surface area contributed by atoms with E-state index in [9.17, 15) is 4.79 Å². The minimum Gasteiger partial charge on any atom is -0.466 e. The summed E-state index contributed by atoms with van der Waals surface area (Å²) in [6.45, 7) is 5.08. The van der Waals surface area contributed by atoms with Gasteiger partial charge in [0.1, 0.15) is 0 Å². The number of halogens is 2. The highest BCUT2D eigenvalue weighted by Gasteiger charge is 1.81. The monoisotopic (exact) mass is 263 g/mol. The number of carbonyl (C=O) groups excluding carboxylic acids is 1. The Morgan fingerprint density at radius 1 is 1.47 bits per heavy atom. The Balaban J connectivity index is -0.0000000322. The number of hydrogen-bond acceptors (Lipinski definition) is 4. The molecule has 0 aliphatic heterocycles. The summed E-state index contributed by atoms with van der Waals surface area (Å²) >= 11 is 9.53. The second kappa shape index (κ2) is 50.1. The fraction of sp³-hybridized carbons (Fsp3) is 0.750. The van der Waals surface area contributed by atoms with Gasteiger partial charge in [0.05, 0.1) is 18.0 Å². The van der Waals surface area contributed by atoms with E-state index in [2.05, 4.69) is 4.74 Å². The van der Waals surface area contributed by atoms with E-state index in [0.29, 0.717) is 6.61 Å². The Hall–Kier alpha value is -0.540. The molecule has 0 aromatic rings. The van der Waals surface area contributed by atoms with Crippen molar-refractivity contribution >= 4 is 29.2 Å². The van der Waals surface area contributed by atoms with Crippen molar-refractivity contribution in [2.24, 2.45) is 0 Å². The van der Waals surface area contributed by atoms with Crippen LogP contribution in [0.15, 0.2) is 0 Å². The summed E-state index contributed by atoms with van der Waals surface area (Å²) in [6.07, 6.45) is 0. The van der Waals surface area contributed by atoms with Crippen LogP contribution in [0.4, 0.5) is 0 Å². The molecule has 3 N–H and O–H groups in total. The van der Waals surface area contributed by atoms with Crippen molar-refractivity contribution in [3.05, 3.63) is 0 Å². The number of nitriles is 1. The van der Waals surface area contributed by atoms with Crippen LogP contribution in [-0.4, -0.2) is 35.6 Å². The summed E-state index contributed by atoms with van der Waals surface area (Å²) in [6, 6.07) is 1.75. The highest BCUT2D eigenvalue weighted by atomic mass is 35.5. The molecule has 0 fully saturated rings. The second-order valence-electron chi connectivity index (χ2n) is 1.25. The van der Waals surface area contributed by atoms with Crippen molar-refractivity contribution in [2.75, 3.05) is 19.1 Å². The highest BCUT2D eigenvalue weighted by Crippen LogP contribution is 1.73. The molecule has 0 heterocycles. The Morgan fingerprint density at radius 3 is 1.67 bits per heavy atom. The van der Waals surface area contributed by atoms with E-state index in [-0.39, 0.29) is 16.8 Å². The molecule has 0 saturated heterocycles. The maximum atomic E-state index is 9.82. The smallest absolute Gasteiger partial charge is 0.302 e. The zero-order chi connectivity index (χ0) is 12.4. The van der Waals surface area contributed by atoms with Crippen LogP contribution in [0, 0.1) is 11.3 Å². The largest absolute Gasteiger partial charge is 0.466 e. The standard InChI is InChI=1S/C4H8O2.C2H3N.CH2Cl2.CH4O.H2O/c1-3-6-4(2)5;1-2-3;2-1-3;1-2;/h3H2,1-2H3;1H3;1H2;2H,1H3;1H2. The molecule has 0 aromatic carbocycles. The molecular formula is C8H19Cl2NO4. The number of carbonyl (C=O) groups is 1. The molecule has 0 saturated carbocycles. The first kappa shape index (κ1) is 29.3. The summed E-state index contributed by atoms with van der Waals surface area (Å²) in [5, 5.41) is 14.5. The first-order valence-corrected chi connectivity index (χ1v) is 4.68. The third kappa shape index (κ3) is 292. The molecule has 0 rings (SSSR count). The Kier molecular flexibility index (Phi) is 97.7. The lowest BCUT2D eigenvalue weighted by atomic mass is 10.8. The van der Waals surface area contributed by atoms with Crippen molar-refractivity contribution in [1.29, 1.82) is 5.26 Å². The molecule has 0 amide bonds. The summed E-state index contributed by atoms with van der Waals surface area (Å²) in [5.74, 6) is -0.211. The summed E-state index contributed by atoms with van der Waals surface area (Å²) in [7, 11) is 1.00. The van der Waals surface area contributed by atoms with E-state index < -0.39 is 0 Å². The van der Waals surface area contributed by atoms with E-state index in [1.807, 2.05) is 0 Å². The second-order valence-corrected chi connectivity index (χ2v) is 2.06. The van der Waals surface area contributed by atoms with Crippen LogP contribution >= 0.6 is 23.2 Å². The lowest BCUT2D eigenvalue weighted by Gasteiger charge is -1.89. The van der Waals surface area contributed by atoms with Crippen LogP contribution in [0.2, 0.25) is 0 Å². The quantitative estimate of drug-likeness (QED) is 0.569. The highest BCUT2D eigenvalue weighted by molar-refractivity contribution is 6.40. The van der Waals surface area contributed by atoms with Crippen LogP contribution in [0.1, 0.15) is 20.8 Å². The van der Waals surface area contributed by atoms with Gasteiger partial charge in [0.2, 0.25) is 0 Å². The van der Waals surface area contributed by atoms with Gasteiger partial charge in [-0.3, -0.25) is 4.79 Å². The van der Waals surface area contributed by atoms with Gasteiger partial charge >= 0.3 is 5.97 Å². The predicted molar refractivity (Wildman–Crippen MR) is 61.9 cm³/mol. The molecule has 0 atom stereocenters. The van der Waals surface area contributed by atoms with Gasteiger partial charge in [-0.05, 0) is 6.92 Å². The third-order valence-electron chi connectivity index (χ3n) is 0.348. The molecule has 0 aliphatic rings. The molecular weight excluding hydrogens is 245 g/mol. The van der Waals surface area contributed by atoms with Gasteiger partial charge in [-0.15, -0.1) is 23.2 Å². The van der Waals surface area contributed by atoms with Gasteiger partial charge < -0.3 is 15.3 Å². The fourth-order valence-electron chi connectivity index (χ4n) is 0.203. The number of nitrogens with zero attached hydrogens (tertiary/aromatic N) is 1. The minimum atomic E-state index is -0.211. The van der Waals surface area contributed by atoms with Crippen molar-refractivity contribution in [1.82, 2.24) is 0 Å². The molecule has 0 radical (unpaired) electrons. The number of aliphatic hydroxyl groups excluding tert-OH is 1. The van der Waals surface area contributed by atoms with Crippen molar-refractivity contribution in [2.45, 2.75) is 20.8 Å². The van der Waals surface area contributed by atoms with Crippen molar-refractivity contribution in [3.8, 4) is 6.07 Å². The molecule has 0 spiro atoms. The third-order valence-corrected chi connectivity index (χ3v) is 0.348. The van der Waals surface area contributed by atoms with Crippen molar-refractivity contribution in [3.63, 3.8) is 0 Å². The number of ether oxygens (including phenoxy) is 1. The Morgan fingerprint density at radius 2 is 1.67 bits per heavy atom. The van der Waals surface area contributed by atoms with Crippen LogP contribution in [0.3, 0.4) is 0 Å². The molecule has 0 unspecified atom stereocenters. The van der Waals surface area contributed by atoms with E-state index >= 15 is 0 Å². The van der Waals surface area contributed by atoms with Crippen LogP contribution in [0.25, 0.3) is 0 Å². The molecule has 0 bridgehead atoms. The van der Waals surface area contributed by atoms with Gasteiger partial charge in [-0.2, -0.15) is 5.26 Å². The molecule has 5 nitrogen and oxygen atoms in total. The van der Waals surface area contributed by atoms with Crippen LogP contribution in [0.5, 0.6) is 0 Å². The van der Waals surface area contributed by atoms with Gasteiger partial charge in [0.15, 0.2) is 0 Å². The summed E-state index contributed by atoms with van der Waals surface area (Å²) in [4.78, 5) is 9.82. The molecule has 15 heavy (non-hydrogen) atoms. The van der Waals surface area contributed by atoms with E-state index in [1.54, 1.807) is 13.0 Å². The lowest BCUT2D eigenvalue weighted by Crippen LogP contribution is -1.95. The molecule has 94 valence electrons. The molecule has 0 aliphatic carbocycles. The Labute approximate surface area is 101 Å². The SMILES string of the molecule is CC#N.CCOC(C)=O.CO.ClCCl.O. The van der Waals surface area contributed by atoms with Crippen LogP contribution < -0.4 is 0 Å². The lowest BCUT2D eigenvalue weighted by molar-refractivity contribution is -0.140. The summed E-state index contributed by atoms with van der Waals surface area (Å²) < 4.78 is 4.40. The van der Waals surface area contributed by atoms with E-state index in [1.165, 1.54) is 13.8 Å².